The lowest BCUT2D eigenvalue weighted by Crippen LogP contribution is -2.12. The average Bonchev–Trinajstić information content (AvgIpc) is 2.47. The Bertz CT molecular complexity index is 646. The number of para-hydroxylation sites is 1. The third kappa shape index (κ3) is 3.08. The number of methoxy groups -OCH3 is 2. The van der Waals surface area contributed by atoms with Crippen LogP contribution in [-0.4, -0.2) is 20.1 Å². The van der Waals surface area contributed by atoms with Crippen molar-refractivity contribution in [2.24, 2.45) is 5.73 Å². The first-order chi connectivity index (χ1) is 10.1. The van der Waals surface area contributed by atoms with E-state index in [2.05, 4.69) is 0 Å². The predicted molar refractivity (Wildman–Crippen MR) is 81.8 cm³/mol. The molecule has 0 aliphatic carbocycles. The van der Waals surface area contributed by atoms with Gasteiger partial charge in [-0.15, -0.1) is 0 Å². The maximum absolute atomic E-state index is 7.64. The first-order valence-electron chi connectivity index (χ1n) is 6.40. The van der Waals surface area contributed by atoms with Crippen LogP contribution in [-0.2, 0) is 0 Å². The van der Waals surface area contributed by atoms with Crippen molar-refractivity contribution >= 4 is 5.84 Å². The van der Waals surface area contributed by atoms with Crippen LogP contribution in [0.3, 0.4) is 0 Å². The van der Waals surface area contributed by atoms with Crippen LogP contribution < -0.4 is 19.9 Å². The summed E-state index contributed by atoms with van der Waals surface area (Å²) in [4.78, 5) is 0. The standard InChI is InChI=1S/C16H18N2O3/c1-10-7-8-11(16(17)18)14(9-10)21-15-12(19-2)5-4-6-13(15)20-3/h4-9H,1-3H3,(H3,17,18). The Balaban J connectivity index is 2.52. The fraction of sp³-hybridized carbons (Fsp3) is 0.188. The minimum absolute atomic E-state index is 0.0566. The zero-order valence-electron chi connectivity index (χ0n) is 12.3. The van der Waals surface area contributed by atoms with E-state index in [0.717, 1.165) is 5.56 Å². The molecule has 0 amide bonds. The molecule has 2 aromatic rings. The molecule has 2 rings (SSSR count). The molecule has 0 bridgehead atoms. The Morgan fingerprint density at radius 3 is 2.14 bits per heavy atom. The van der Waals surface area contributed by atoms with E-state index < -0.39 is 0 Å². The van der Waals surface area contributed by atoms with Crippen LogP contribution in [0.1, 0.15) is 11.1 Å². The van der Waals surface area contributed by atoms with Gasteiger partial charge in [-0.1, -0.05) is 12.1 Å². The highest BCUT2D eigenvalue weighted by Gasteiger charge is 2.15. The van der Waals surface area contributed by atoms with Gasteiger partial charge in [0.05, 0.1) is 19.8 Å². The zero-order valence-corrected chi connectivity index (χ0v) is 12.3. The monoisotopic (exact) mass is 286 g/mol. The number of rotatable bonds is 5. The molecule has 5 nitrogen and oxygen atoms in total. The normalized spacial score (nSPS) is 10.0. The van der Waals surface area contributed by atoms with Gasteiger partial charge >= 0.3 is 0 Å². The fourth-order valence-electron chi connectivity index (χ4n) is 1.96. The Labute approximate surface area is 123 Å². The minimum Gasteiger partial charge on any atom is -0.493 e. The van der Waals surface area contributed by atoms with E-state index in [0.29, 0.717) is 28.6 Å². The van der Waals surface area contributed by atoms with E-state index in [1.165, 1.54) is 0 Å². The van der Waals surface area contributed by atoms with E-state index in [9.17, 15) is 0 Å². The van der Waals surface area contributed by atoms with Gasteiger partial charge in [0.1, 0.15) is 11.6 Å². The molecule has 0 saturated carbocycles. The van der Waals surface area contributed by atoms with Crippen molar-refractivity contribution in [3.05, 3.63) is 47.5 Å². The summed E-state index contributed by atoms with van der Waals surface area (Å²) in [6, 6.07) is 10.8. The number of nitrogen functional groups attached to an aromatic ring is 1. The van der Waals surface area contributed by atoms with Gasteiger partial charge in [0.15, 0.2) is 11.5 Å². The van der Waals surface area contributed by atoms with Crippen molar-refractivity contribution in [3.63, 3.8) is 0 Å². The number of ether oxygens (including phenoxy) is 3. The third-order valence-electron chi connectivity index (χ3n) is 3.02. The lowest BCUT2D eigenvalue weighted by molar-refractivity contribution is 0.346. The Hall–Kier alpha value is -2.69. The largest absolute Gasteiger partial charge is 0.493 e. The van der Waals surface area contributed by atoms with Gasteiger partial charge < -0.3 is 19.9 Å². The van der Waals surface area contributed by atoms with Crippen LogP contribution in [0.2, 0.25) is 0 Å². The average molecular weight is 286 g/mol. The van der Waals surface area contributed by atoms with Gasteiger partial charge in [-0.25, -0.2) is 0 Å². The molecule has 0 heterocycles. The molecular weight excluding hydrogens is 268 g/mol. The summed E-state index contributed by atoms with van der Waals surface area (Å²) >= 11 is 0. The molecule has 0 fully saturated rings. The smallest absolute Gasteiger partial charge is 0.211 e. The van der Waals surface area contributed by atoms with Gasteiger partial charge in [0, 0.05) is 0 Å². The number of nitrogens with two attached hydrogens (primary N) is 1. The number of benzene rings is 2. The lowest BCUT2D eigenvalue weighted by atomic mass is 10.1. The van der Waals surface area contributed by atoms with Crippen LogP contribution in [0.5, 0.6) is 23.0 Å². The highest BCUT2D eigenvalue weighted by molar-refractivity contribution is 5.97. The van der Waals surface area contributed by atoms with E-state index in [-0.39, 0.29) is 5.84 Å². The first-order valence-corrected chi connectivity index (χ1v) is 6.40. The molecule has 110 valence electrons. The van der Waals surface area contributed by atoms with Gasteiger partial charge in [-0.2, -0.15) is 0 Å². The second-order valence-corrected chi connectivity index (χ2v) is 4.51. The van der Waals surface area contributed by atoms with E-state index in [1.54, 1.807) is 32.4 Å². The summed E-state index contributed by atoms with van der Waals surface area (Å²) in [7, 11) is 3.12. The summed E-state index contributed by atoms with van der Waals surface area (Å²) in [5.41, 5.74) is 7.13. The van der Waals surface area contributed by atoms with Gasteiger partial charge in [0.2, 0.25) is 5.75 Å². The second kappa shape index (κ2) is 6.17. The van der Waals surface area contributed by atoms with Crippen LogP contribution in [0, 0.1) is 12.3 Å². The molecule has 0 saturated heterocycles. The van der Waals surface area contributed by atoms with Crippen molar-refractivity contribution in [2.75, 3.05) is 14.2 Å². The number of aryl methyl sites for hydroxylation is 1. The zero-order chi connectivity index (χ0) is 15.4. The quantitative estimate of drug-likeness (QED) is 0.654. The highest BCUT2D eigenvalue weighted by Crippen LogP contribution is 2.40. The summed E-state index contributed by atoms with van der Waals surface area (Å²) in [6.07, 6.45) is 0. The molecule has 0 aliphatic heterocycles. The molecule has 5 heteroatoms. The molecule has 0 unspecified atom stereocenters. The van der Waals surface area contributed by atoms with Crippen LogP contribution >= 0.6 is 0 Å². The summed E-state index contributed by atoms with van der Waals surface area (Å²) in [6.45, 7) is 1.94. The van der Waals surface area contributed by atoms with Crippen molar-refractivity contribution < 1.29 is 14.2 Å². The molecule has 2 aromatic carbocycles. The van der Waals surface area contributed by atoms with Crippen molar-refractivity contribution in [1.29, 1.82) is 5.41 Å². The first kappa shape index (κ1) is 14.7. The van der Waals surface area contributed by atoms with Crippen molar-refractivity contribution in [3.8, 4) is 23.0 Å². The number of nitrogens with one attached hydrogen (secondary N) is 1. The van der Waals surface area contributed by atoms with Crippen LogP contribution in [0.4, 0.5) is 0 Å². The Morgan fingerprint density at radius 1 is 1.00 bits per heavy atom. The molecule has 0 spiro atoms. The van der Waals surface area contributed by atoms with E-state index in [4.69, 9.17) is 25.4 Å². The van der Waals surface area contributed by atoms with Crippen molar-refractivity contribution in [2.45, 2.75) is 6.92 Å². The molecule has 0 aliphatic rings. The SMILES string of the molecule is COc1cccc(OC)c1Oc1cc(C)ccc1C(=N)N. The van der Waals surface area contributed by atoms with E-state index >= 15 is 0 Å². The summed E-state index contributed by atoms with van der Waals surface area (Å²) in [5.74, 6) is 1.98. The molecule has 21 heavy (non-hydrogen) atoms. The van der Waals surface area contributed by atoms with Gasteiger partial charge in [0.25, 0.3) is 0 Å². The highest BCUT2D eigenvalue weighted by atomic mass is 16.5. The lowest BCUT2D eigenvalue weighted by Gasteiger charge is -2.16. The third-order valence-corrected chi connectivity index (χ3v) is 3.02. The minimum atomic E-state index is -0.0566. The van der Waals surface area contributed by atoms with E-state index in [1.807, 2.05) is 25.1 Å². The maximum Gasteiger partial charge on any atom is 0.211 e. The molecule has 0 atom stereocenters. The summed E-state index contributed by atoms with van der Waals surface area (Å²) < 4.78 is 16.5. The van der Waals surface area contributed by atoms with Crippen molar-refractivity contribution in [1.82, 2.24) is 0 Å². The van der Waals surface area contributed by atoms with Gasteiger partial charge in [-0.05, 0) is 36.8 Å². The second-order valence-electron chi connectivity index (χ2n) is 4.51. The maximum atomic E-state index is 7.64. The molecule has 0 radical (unpaired) electrons. The Kier molecular flexibility index (Phi) is 4.33. The van der Waals surface area contributed by atoms with Crippen LogP contribution in [0.15, 0.2) is 36.4 Å². The number of hydrogen-bond donors (Lipinski definition) is 2. The number of amidine groups is 1. The van der Waals surface area contributed by atoms with Crippen LogP contribution in [0.25, 0.3) is 0 Å². The Morgan fingerprint density at radius 2 is 1.62 bits per heavy atom. The molecule has 3 N–H and O–H groups in total. The molecular formula is C16H18N2O3. The molecule has 0 aromatic heterocycles. The predicted octanol–water partition coefficient (Wildman–Crippen LogP) is 3.09. The summed E-state index contributed by atoms with van der Waals surface area (Å²) in [5, 5.41) is 7.64. The number of hydrogen-bond acceptors (Lipinski definition) is 4. The van der Waals surface area contributed by atoms with Gasteiger partial charge in [-0.3, -0.25) is 5.41 Å². The fourth-order valence-corrected chi connectivity index (χ4v) is 1.96. The topological polar surface area (TPSA) is 77.6 Å².